The van der Waals surface area contributed by atoms with Gasteiger partial charge in [0.2, 0.25) is 11.8 Å². The second-order valence-corrected chi connectivity index (χ2v) is 8.85. The molecule has 3 amide bonds. The normalized spacial score (nSPS) is 28.1. The smallest absolute Gasteiger partial charge is 0.255 e. The molecule has 160 valence electrons. The van der Waals surface area contributed by atoms with Crippen molar-refractivity contribution in [3.63, 3.8) is 0 Å². The number of imide groups is 1. The van der Waals surface area contributed by atoms with E-state index in [4.69, 9.17) is 0 Å². The third kappa shape index (κ3) is 3.75. The summed E-state index contributed by atoms with van der Waals surface area (Å²) >= 11 is 0. The first kappa shape index (κ1) is 19.7. The fraction of sp³-hybridized carbons (Fsp3) is 0.591. The predicted molar refractivity (Wildman–Crippen MR) is 111 cm³/mol. The van der Waals surface area contributed by atoms with Crippen LogP contribution in [0.4, 0.5) is 0 Å². The number of carbonyl (C=O) groups excluding carboxylic acids is 3. The summed E-state index contributed by atoms with van der Waals surface area (Å²) in [6.07, 6.45) is 1.93. The maximum Gasteiger partial charge on any atom is 0.255 e. The highest BCUT2D eigenvalue weighted by Crippen LogP contribution is 2.28. The Bertz CT molecular complexity index is 858. The van der Waals surface area contributed by atoms with Crippen LogP contribution < -0.4 is 10.6 Å². The molecule has 4 aliphatic rings. The van der Waals surface area contributed by atoms with Crippen LogP contribution in [0.15, 0.2) is 18.2 Å². The highest BCUT2D eigenvalue weighted by Gasteiger charge is 2.39. The molecule has 0 saturated carbocycles. The van der Waals surface area contributed by atoms with E-state index in [1.807, 2.05) is 12.1 Å². The molecule has 30 heavy (non-hydrogen) atoms. The zero-order valence-corrected chi connectivity index (χ0v) is 17.2. The van der Waals surface area contributed by atoms with Gasteiger partial charge in [-0.25, -0.2) is 0 Å². The number of nitrogens with zero attached hydrogens (tertiary/aromatic N) is 3. The number of carbonyl (C=O) groups is 3. The monoisotopic (exact) mass is 411 g/mol. The SMILES string of the molecule is O=C1CCC(N2Cc3ccc(CN4CCN(C5CCNC5)CC4)cc3C2=O)C(=O)N1. The average molecular weight is 412 g/mol. The van der Waals surface area contributed by atoms with Crippen molar-refractivity contribution in [2.75, 3.05) is 39.3 Å². The Kier molecular flexibility index (Phi) is 5.30. The third-order valence-corrected chi connectivity index (χ3v) is 6.96. The number of benzene rings is 1. The van der Waals surface area contributed by atoms with Gasteiger partial charge >= 0.3 is 0 Å². The van der Waals surface area contributed by atoms with E-state index in [0.29, 0.717) is 24.6 Å². The van der Waals surface area contributed by atoms with Crippen molar-refractivity contribution in [3.05, 3.63) is 34.9 Å². The predicted octanol–water partition coefficient (Wildman–Crippen LogP) is -0.0729. The first-order chi connectivity index (χ1) is 14.6. The number of piperazine rings is 1. The summed E-state index contributed by atoms with van der Waals surface area (Å²) in [6.45, 7) is 7.80. The molecule has 0 bridgehead atoms. The van der Waals surface area contributed by atoms with Gasteiger partial charge in [-0.15, -0.1) is 0 Å². The van der Waals surface area contributed by atoms with E-state index in [-0.39, 0.29) is 24.1 Å². The van der Waals surface area contributed by atoms with Crippen molar-refractivity contribution < 1.29 is 14.4 Å². The molecule has 1 aromatic rings. The Balaban J connectivity index is 1.21. The summed E-state index contributed by atoms with van der Waals surface area (Å²) in [6, 6.07) is 6.26. The van der Waals surface area contributed by atoms with Gasteiger partial charge in [-0.1, -0.05) is 12.1 Å². The summed E-state index contributed by atoms with van der Waals surface area (Å²) < 4.78 is 0. The van der Waals surface area contributed by atoms with E-state index in [0.717, 1.165) is 56.9 Å². The minimum atomic E-state index is -0.552. The van der Waals surface area contributed by atoms with Crippen LogP contribution >= 0.6 is 0 Å². The quantitative estimate of drug-likeness (QED) is 0.675. The molecule has 0 spiro atoms. The summed E-state index contributed by atoms with van der Waals surface area (Å²) in [5.41, 5.74) is 2.81. The van der Waals surface area contributed by atoms with Gasteiger partial charge in [0.25, 0.3) is 5.91 Å². The lowest BCUT2D eigenvalue weighted by atomic mass is 10.0. The Morgan fingerprint density at radius 1 is 1.03 bits per heavy atom. The molecule has 0 aliphatic carbocycles. The molecular weight excluding hydrogens is 382 g/mol. The number of piperidine rings is 1. The van der Waals surface area contributed by atoms with Crippen molar-refractivity contribution in [1.29, 1.82) is 0 Å². The van der Waals surface area contributed by atoms with Crippen molar-refractivity contribution >= 4 is 17.7 Å². The van der Waals surface area contributed by atoms with Crippen LogP contribution in [0.3, 0.4) is 0 Å². The van der Waals surface area contributed by atoms with Gasteiger partial charge in [0.15, 0.2) is 0 Å². The van der Waals surface area contributed by atoms with E-state index in [1.54, 1.807) is 4.90 Å². The number of nitrogens with one attached hydrogen (secondary N) is 2. The molecule has 2 atom stereocenters. The van der Waals surface area contributed by atoms with Crippen LogP contribution in [0.1, 0.15) is 40.7 Å². The van der Waals surface area contributed by atoms with Crippen molar-refractivity contribution in [2.24, 2.45) is 0 Å². The topological polar surface area (TPSA) is 85.0 Å². The zero-order valence-electron chi connectivity index (χ0n) is 17.2. The van der Waals surface area contributed by atoms with Crippen molar-refractivity contribution in [1.82, 2.24) is 25.3 Å². The first-order valence-electron chi connectivity index (χ1n) is 11.0. The second kappa shape index (κ2) is 8.09. The van der Waals surface area contributed by atoms with Gasteiger partial charge in [-0.2, -0.15) is 0 Å². The Morgan fingerprint density at radius 3 is 2.60 bits per heavy atom. The minimum Gasteiger partial charge on any atom is -0.322 e. The Morgan fingerprint density at radius 2 is 1.87 bits per heavy atom. The number of fused-ring (bicyclic) bond motifs is 1. The van der Waals surface area contributed by atoms with Gasteiger partial charge in [-0.3, -0.25) is 29.5 Å². The average Bonchev–Trinajstić information content (AvgIpc) is 3.38. The molecular formula is C22H29N5O3. The maximum atomic E-state index is 13.0. The summed E-state index contributed by atoms with van der Waals surface area (Å²) in [5, 5.41) is 5.80. The van der Waals surface area contributed by atoms with Gasteiger partial charge in [-0.05, 0) is 36.6 Å². The Labute approximate surface area is 176 Å². The zero-order chi connectivity index (χ0) is 20.7. The molecule has 2 N–H and O–H groups in total. The fourth-order valence-electron chi connectivity index (χ4n) is 5.20. The number of rotatable bonds is 4. The van der Waals surface area contributed by atoms with Crippen LogP contribution in [-0.2, 0) is 22.7 Å². The third-order valence-electron chi connectivity index (χ3n) is 6.96. The number of hydrogen-bond donors (Lipinski definition) is 2. The van der Waals surface area contributed by atoms with Crippen LogP contribution in [-0.4, -0.2) is 83.8 Å². The largest absolute Gasteiger partial charge is 0.322 e. The highest BCUT2D eigenvalue weighted by molar-refractivity contribution is 6.05. The standard InChI is InChI=1S/C22H29N5O3/c28-20-4-3-19(21(29)24-20)27-14-16-2-1-15(11-18(16)22(27)30)13-25-7-9-26(10-8-25)17-5-6-23-12-17/h1-2,11,17,19,23H,3-10,12-14H2,(H,24,28,29). The molecule has 3 saturated heterocycles. The number of hydrogen-bond acceptors (Lipinski definition) is 6. The van der Waals surface area contributed by atoms with E-state index in [2.05, 4.69) is 26.5 Å². The maximum absolute atomic E-state index is 13.0. The summed E-state index contributed by atoms with van der Waals surface area (Å²) in [5.74, 6) is -0.713. The molecule has 0 aromatic heterocycles. The number of amides is 3. The van der Waals surface area contributed by atoms with Crippen LogP contribution in [0.25, 0.3) is 0 Å². The van der Waals surface area contributed by atoms with Gasteiger partial charge in [0.1, 0.15) is 6.04 Å². The minimum absolute atomic E-state index is 0.0973. The molecule has 0 radical (unpaired) electrons. The van der Waals surface area contributed by atoms with E-state index in [9.17, 15) is 14.4 Å². The van der Waals surface area contributed by atoms with Crippen LogP contribution in [0.2, 0.25) is 0 Å². The molecule has 1 aromatic carbocycles. The molecule has 5 rings (SSSR count). The summed E-state index contributed by atoms with van der Waals surface area (Å²) in [4.78, 5) is 43.3. The van der Waals surface area contributed by atoms with Gasteiger partial charge in [0, 0.05) is 63.8 Å². The summed E-state index contributed by atoms with van der Waals surface area (Å²) in [7, 11) is 0. The second-order valence-electron chi connectivity index (χ2n) is 8.85. The molecule has 2 unspecified atom stereocenters. The first-order valence-corrected chi connectivity index (χ1v) is 11.0. The molecule has 4 aliphatic heterocycles. The Hall–Kier alpha value is -2.29. The molecule has 3 fully saturated rings. The molecule has 4 heterocycles. The van der Waals surface area contributed by atoms with Gasteiger partial charge in [0.05, 0.1) is 0 Å². The van der Waals surface area contributed by atoms with Crippen LogP contribution in [0, 0.1) is 0 Å². The lowest BCUT2D eigenvalue weighted by molar-refractivity contribution is -0.136. The van der Waals surface area contributed by atoms with E-state index >= 15 is 0 Å². The van der Waals surface area contributed by atoms with E-state index < -0.39 is 6.04 Å². The lowest BCUT2D eigenvalue weighted by Gasteiger charge is -2.37. The van der Waals surface area contributed by atoms with E-state index in [1.165, 1.54) is 6.42 Å². The fourth-order valence-corrected chi connectivity index (χ4v) is 5.20. The lowest BCUT2D eigenvalue weighted by Crippen LogP contribution is -2.52. The van der Waals surface area contributed by atoms with Crippen LogP contribution in [0.5, 0.6) is 0 Å². The van der Waals surface area contributed by atoms with Crippen molar-refractivity contribution in [3.8, 4) is 0 Å². The highest BCUT2D eigenvalue weighted by atomic mass is 16.2. The van der Waals surface area contributed by atoms with Gasteiger partial charge < -0.3 is 10.2 Å². The molecule has 8 heteroatoms. The molecule has 8 nitrogen and oxygen atoms in total. The van der Waals surface area contributed by atoms with Crippen molar-refractivity contribution in [2.45, 2.75) is 44.4 Å².